The van der Waals surface area contributed by atoms with Crippen molar-refractivity contribution in [3.05, 3.63) is 29.3 Å². The first kappa shape index (κ1) is 16.4. The van der Waals surface area contributed by atoms with Crippen LogP contribution >= 0.6 is 12.4 Å². The monoisotopic (exact) mass is 278 g/mol. The van der Waals surface area contributed by atoms with Gasteiger partial charge in [0.05, 0.1) is 4.90 Å². The van der Waals surface area contributed by atoms with Crippen LogP contribution in [0.1, 0.15) is 18.1 Å². The van der Waals surface area contributed by atoms with Crippen molar-refractivity contribution in [2.75, 3.05) is 6.54 Å². The Morgan fingerprint density at radius 3 is 2.35 bits per heavy atom. The van der Waals surface area contributed by atoms with Gasteiger partial charge in [0, 0.05) is 12.6 Å². The van der Waals surface area contributed by atoms with E-state index >= 15 is 0 Å². The van der Waals surface area contributed by atoms with E-state index in [2.05, 4.69) is 4.72 Å². The quantitative estimate of drug-likeness (QED) is 0.873. The highest BCUT2D eigenvalue weighted by Crippen LogP contribution is 2.14. The van der Waals surface area contributed by atoms with Crippen molar-refractivity contribution in [2.24, 2.45) is 5.73 Å². The SMILES string of the molecule is Cc1ccc(S(=O)(=O)N[C@@H](C)CN)cc1C.Cl. The Bertz CT molecular complexity index is 474. The predicted molar refractivity (Wildman–Crippen MR) is 72.0 cm³/mol. The highest BCUT2D eigenvalue weighted by molar-refractivity contribution is 7.89. The van der Waals surface area contributed by atoms with Gasteiger partial charge in [-0.2, -0.15) is 0 Å². The average molecular weight is 279 g/mol. The summed E-state index contributed by atoms with van der Waals surface area (Å²) in [5.41, 5.74) is 7.42. The van der Waals surface area contributed by atoms with E-state index in [9.17, 15) is 8.42 Å². The molecule has 0 aliphatic rings. The highest BCUT2D eigenvalue weighted by Gasteiger charge is 2.16. The second-order valence-electron chi connectivity index (χ2n) is 4.00. The number of benzene rings is 1. The predicted octanol–water partition coefficient (Wildman–Crippen LogP) is 1.35. The minimum atomic E-state index is -3.44. The maximum absolute atomic E-state index is 11.9. The number of sulfonamides is 1. The lowest BCUT2D eigenvalue weighted by molar-refractivity contribution is 0.562. The topological polar surface area (TPSA) is 72.2 Å². The van der Waals surface area contributed by atoms with Crippen LogP contribution in [-0.2, 0) is 10.0 Å². The van der Waals surface area contributed by atoms with Crippen LogP contribution in [0.25, 0.3) is 0 Å². The van der Waals surface area contributed by atoms with Gasteiger partial charge in [0.15, 0.2) is 0 Å². The molecule has 0 unspecified atom stereocenters. The van der Waals surface area contributed by atoms with Gasteiger partial charge in [-0.25, -0.2) is 13.1 Å². The molecule has 0 saturated heterocycles. The Hall–Kier alpha value is -0.620. The molecule has 0 fully saturated rings. The first-order valence-corrected chi connectivity index (χ1v) is 6.65. The molecule has 1 rings (SSSR count). The van der Waals surface area contributed by atoms with Crippen LogP contribution in [0, 0.1) is 13.8 Å². The van der Waals surface area contributed by atoms with Crippen molar-refractivity contribution in [3.8, 4) is 0 Å². The molecule has 0 aromatic heterocycles. The molecule has 6 heteroatoms. The largest absolute Gasteiger partial charge is 0.329 e. The van der Waals surface area contributed by atoms with Crippen LogP contribution < -0.4 is 10.5 Å². The van der Waals surface area contributed by atoms with Gasteiger partial charge in [0.1, 0.15) is 0 Å². The number of nitrogens with two attached hydrogens (primary N) is 1. The molecular formula is C11H19ClN2O2S. The molecule has 1 atom stereocenters. The summed E-state index contributed by atoms with van der Waals surface area (Å²) in [5.74, 6) is 0. The number of rotatable bonds is 4. The van der Waals surface area contributed by atoms with Crippen molar-refractivity contribution in [1.82, 2.24) is 4.72 Å². The lowest BCUT2D eigenvalue weighted by atomic mass is 10.1. The summed E-state index contributed by atoms with van der Waals surface area (Å²) in [5, 5.41) is 0. The summed E-state index contributed by atoms with van der Waals surface area (Å²) in [6, 6.07) is 4.82. The van der Waals surface area contributed by atoms with Crippen LogP contribution in [0.5, 0.6) is 0 Å². The maximum Gasteiger partial charge on any atom is 0.240 e. The standard InChI is InChI=1S/C11H18N2O2S.ClH/c1-8-4-5-11(6-9(8)2)16(14,15)13-10(3)7-12;/h4-6,10,13H,7,12H2,1-3H3;1H/t10-;/m0./s1. The molecule has 0 bridgehead atoms. The first-order valence-electron chi connectivity index (χ1n) is 5.16. The van der Waals surface area contributed by atoms with E-state index in [1.165, 1.54) is 0 Å². The molecule has 0 spiro atoms. The Labute approximate surface area is 109 Å². The summed E-state index contributed by atoms with van der Waals surface area (Å²) in [6.07, 6.45) is 0. The van der Waals surface area contributed by atoms with Gasteiger partial charge in [0.25, 0.3) is 0 Å². The fraction of sp³-hybridized carbons (Fsp3) is 0.455. The van der Waals surface area contributed by atoms with Gasteiger partial charge in [-0.1, -0.05) is 6.07 Å². The molecule has 0 saturated carbocycles. The minimum Gasteiger partial charge on any atom is -0.329 e. The third-order valence-electron chi connectivity index (χ3n) is 2.50. The molecule has 1 aromatic rings. The summed E-state index contributed by atoms with van der Waals surface area (Å²) in [7, 11) is -3.44. The number of nitrogens with one attached hydrogen (secondary N) is 1. The minimum absolute atomic E-state index is 0. The van der Waals surface area contributed by atoms with Crippen molar-refractivity contribution < 1.29 is 8.42 Å². The molecule has 0 heterocycles. The third-order valence-corrected chi connectivity index (χ3v) is 4.09. The van der Waals surface area contributed by atoms with Crippen molar-refractivity contribution in [3.63, 3.8) is 0 Å². The Balaban J connectivity index is 0.00000256. The zero-order valence-electron chi connectivity index (χ0n) is 10.2. The normalized spacial score (nSPS) is 12.9. The van der Waals surface area contributed by atoms with Gasteiger partial charge in [-0.3, -0.25) is 0 Å². The zero-order valence-corrected chi connectivity index (χ0v) is 11.9. The van der Waals surface area contributed by atoms with Crippen LogP contribution in [0.3, 0.4) is 0 Å². The Morgan fingerprint density at radius 1 is 1.29 bits per heavy atom. The van der Waals surface area contributed by atoms with Crippen LogP contribution in [-0.4, -0.2) is 21.0 Å². The molecule has 1 aromatic carbocycles. The van der Waals surface area contributed by atoms with E-state index in [1.54, 1.807) is 25.1 Å². The van der Waals surface area contributed by atoms with Crippen LogP contribution in [0.15, 0.2) is 23.1 Å². The molecule has 98 valence electrons. The molecular weight excluding hydrogens is 260 g/mol. The zero-order chi connectivity index (χ0) is 12.3. The third kappa shape index (κ3) is 4.27. The lowest BCUT2D eigenvalue weighted by Crippen LogP contribution is -2.37. The van der Waals surface area contributed by atoms with E-state index in [0.717, 1.165) is 11.1 Å². The summed E-state index contributed by atoms with van der Waals surface area (Å²) in [4.78, 5) is 0.288. The fourth-order valence-electron chi connectivity index (χ4n) is 1.26. The molecule has 0 radical (unpaired) electrons. The average Bonchev–Trinajstić information content (AvgIpc) is 2.21. The van der Waals surface area contributed by atoms with Crippen LogP contribution in [0.4, 0.5) is 0 Å². The molecule has 17 heavy (non-hydrogen) atoms. The van der Waals surface area contributed by atoms with E-state index in [-0.39, 0.29) is 29.9 Å². The number of aryl methyl sites for hydroxylation is 2. The van der Waals surface area contributed by atoms with Crippen molar-refractivity contribution >= 4 is 22.4 Å². The number of halogens is 1. The second-order valence-corrected chi connectivity index (χ2v) is 5.72. The molecule has 0 aliphatic carbocycles. The maximum atomic E-state index is 11.9. The van der Waals surface area contributed by atoms with Gasteiger partial charge in [-0.05, 0) is 44.0 Å². The Morgan fingerprint density at radius 2 is 1.88 bits per heavy atom. The molecule has 0 aliphatic heterocycles. The summed E-state index contributed by atoms with van der Waals surface area (Å²) in [6.45, 7) is 5.85. The molecule has 0 amide bonds. The molecule has 4 nitrogen and oxygen atoms in total. The van der Waals surface area contributed by atoms with Gasteiger partial charge >= 0.3 is 0 Å². The molecule has 3 N–H and O–H groups in total. The van der Waals surface area contributed by atoms with Crippen molar-refractivity contribution in [2.45, 2.75) is 31.7 Å². The van der Waals surface area contributed by atoms with Gasteiger partial charge in [-0.15, -0.1) is 12.4 Å². The fourth-order valence-corrected chi connectivity index (χ4v) is 2.60. The van der Waals surface area contributed by atoms with E-state index in [0.29, 0.717) is 0 Å². The summed E-state index contributed by atoms with van der Waals surface area (Å²) < 4.78 is 26.3. The van der Waals surface area contributed by atoms with Gasteiger partial charge in [0.2, 0.25) is 10.0 Å². The first-order chi connectivity index (χ1) is 7.36. The second kappa shape index (κ2) is 6.35. The van der Waals surface area contributed by atoms with E-state index < -0.39 is 10.0 Å². The number of hydrogen-bond acceptors (Lipinski definition) is 3. The van der Waals surface area contributed by atoms with Crippen molar-refractivity contribution in [1.29, 1.82) is 0 Å². The Kier molecular flexibility index (Phi) is 6.12. The van der Waals surface area contributed by atoms with Gasteiger partial charge < -0.3 is 5.73 Å². The number of hydrogen-bond donors (Lipinski definition) is 2. The highest BCUT2D eigenvalue weighted by atomic mass is 35.5. The van der Waals surface area contributed by atoms with E-state index in [1.807, 2.05) is 13.8 Å². The van der Waals surface area contributed by atoms with Crippen LogP contribution in [0.2, 0.25) is 0 Å². The van der Waals surface area contributed by atoms with E-state index in [4.69, 9.17) is 5.73 Å². The summed E-state index contributed by atoms with van der Waals surface area (Å²) >= 11 is 0. The smallest absolute Gasteiger partial charge is 0.240 e. The lowest BCUT2D eigenvalue weighted by Gasteiger charge is -2.12.